The Morgan fingerprint density at radius 1 is 0.348 bits per heavy atom. The molecule has 0 bridgehead atoms. The Balaban J connectivity index is 1.29. The second-order valence-electron chi connectivity index (χ2n) is 11.8. The van der Waals surface area contributed by atoms with Crippen molar-refractivity contribution in [1.82, 2.24) is 0 Å². The van der Waals surface area contributed by atoms with E-state index in [2.05, 4.69) is 181 Å². The van der Waals surface area contributed by atoms with Crippen LogP contribution in [0, 0.1) is 0 Å². The van der Waals surface area contributed by atoms with E-state index in [0.717, 1.165) is 17.1 Å². The van der Waals surface area contributed by atoms with Crippen LogP contribution >= 0.6 is 11.3 Å². The zero-order valence-electron chi connectivity index (χ0n) is 25.1. The monoisotopic (exact) mass is 603 g/mol. The van der Waals surface area contributed by atoms with Crippen LogP contribution in [0.5, 0.6) is 0 Å². The Bertz CT molecular complexity index is 2530. The number of rotatable bonds is 5. The van der Waals surface area contributed by atoms with Crippen molar-refractivity contribution in [3.8, 4) is 22.3 Å². The molecule has 0 aliphatic rings. The van der Waals surface area contributed by atoms with Gasteiger partial charge in [0.25, 0.3) is 0 Å². The maximum atomic E-state index is 2.41. The van der Waals surface area contributed by atoms with E-state index in [0.29, 0.717) is 0 Å². The van der Waals surface area contributed by atoms with Gasteiger partial charge in [0, 0.05) is 42.6 Å². The van der Waals surface area contributed by atoms with Crippen molar-refractivity contribution in [3.63, 3.8) is 0 Å². The average Bonchev–Trinajstić information content (AvgIpc) is 3.50. The van der Waals surface area contributed by atoms with Gasteiger partial charge in [0.1, 0.15) is 0 Å². The summed E-state index contributed by atoms with van der Waals surface area (Å²) in [6.45, 7) is 0. The third-order valence-electron chi connectivity index (χ3n) is 9.01. The Morgan fingerprint density at radius 2 is 0.978 bits per heavy atom. The summed E-state index contributed by atoms with van der Waals surface area (Å²) >= 11 is 1.89. The van der Waals surface area contributed by atoms with E-state index in [-0.39, 0.29) is 0 Å². The van der Waals surface area contributed by atoms with E-state index in [4.69, 9.17) is 0 Å². The Morgan fingerprint density at radius 3 is 1.80 bits per heavy atom. The summed E-state index contributed by atoms with van der Waals surface area (Å²) in [5, 5.41) is 7.66. The Hall–Kier alpha value is -5.70. The fourth-order valence-electron chi connectivity index (χ4n) is 6.80. The highest BCUT2D eigenvalue weighted by atomic mass is 32.1. The maximum Gasteiger partial charge on any atom is 0.0468 e. The number of benzene rings is 8. The zero-order chi connectivity index (χ0) is 30.5. The summed E-state index contributed by atoms with van der Waals surface area (Å²) in [5.74, 6) is 0. The van der Waals surface area contributed by atoms with E-state index >= 15 is 0 Å². The first-order chi connectivity index (χ1) is 22.8. The number of thiophene rings is 1. The van der Waals surface area contributed by atoms with Crippen LogP contribution < -0.4 is 4.90 Å². The molecule has 9 rings (SSSR count). The van der Waals surface area contributed by atoms with Crippen LogP contribution in [-0.2, 0) is 0 Å². The molecular formula is C44H29NS. The van der Waals surface area contributed by atoms with Gasteiger partial charge in [-0.3, -0.25) is 0 Å². The molecule has 0 saturated heterocycles. The van der Waals surface area contributed by atoms with Crippen LogP contribution in [0.1, 0.15) is 0 Å². The molecule has 2 heteroatoms. The molecule has 0 aliphatic heterocycles. The predicted molar refractivity (Wildman–Crippen MR) is 200 cm³/mol. The number of hydrogen-bond acceptors (Lipinski definition) is 2. The Kier molecular flexibility index (Phi) is 6.40. The molecule has 1 heterocycles. The molecule has 0 unspecified atom stereocenters. The lowest BCUT2D eigenvalue weighted by molar-refractivity contribution is 1.30. The molecule has 0 amide bonds. The summed E-state index contributed by atoms with van der Waals surface area (Å²) < 4.78 is 2.64. The topological polar surface area (TPSA) is 3.24 Å². The Labute approximate surface area is 272 Å². The molecule has 0 N–H and O–H groups in total. The van der Waals surface area contributed by atoms with Crippen molar-refractivity contribution in [2.75, 3.05) is 4.90 Å². The van der Waals surface area contributed by atoms with Crippen molar-refractivity contribution in [3.05, 3.63) is 176 Å². The van der Waals surface area contributed by atoms with Crippen molar-refractivity contribution < 1.29 is 0 Å². The number of fused-ring (bicyclic) bond motifs is 6. The van der Waals surface area contributed by atoms with Crippen LogP contribution in [0.15, 0.2) is 176 Å². The molecule has 0 radical (unpaired) electrons. The highest BCUT2D eigenvalue weighted by Gasteiger charge is 2.18. The molecule has 0 fully saturated rings. The number of hydrogen-bond donors (Lipinski definition) is 0. The second-order valence-corrected chi connectivity index (χ2v) is 12.8. The zero-order valence-corrected chi connectivity index (χ0v) is 25.9. The van der Waals surface area contributed by atoms with E-state index in [9.17, 15) is 0 Å². The number of nitrogens with zero attached hydrogens (tertiary/aromatic N) is 1. The fourth-order valence-corrected chi connectivity index (χ4v) is 8.00. The second kappa shape index (κ2) is 11.0. The molecule has 0 saturated carbocycles. The van der Waals surface area contributed by atoms with Crippen LogP contribution in [0.4, 0.5) is 17.1 Å². The molecule has 46 heavy (non-hydrogen) atoms. The van der Waals surface area contributed by atoms with Crippen molar-refractivity contribution in [2.24, 2.45) is 0 Å². The third-order valence-corrected chi connectivity index (χ3v) is 10.2. The van der Waals surface area contributed by atoms with Gasteiger partial charge in [0.05, 0.1) is 0 Å². The minimum Gasteiger partial charge on any atom is -0.310 e. The van der Waals surface area contributed by atoms with E-state index in [1.807, 2.05) is 11.3 Å². The summed E-state index contributed by atoms with van der Waals surface area (Å²) in [4.78, 5) is 2.40. The summed E-state index contributed by atoms with van der Waals surface area (Å²) in [5.41, 5.74) is 8.33. The van der Waals surface area contributed by atoms with Crippen molar-refractivity contribution >= 4 is 70.1 Å². The van der Waals surface area contributed by atoms with Gasteiger partial charge in [-0.15, -0.1) is 11.3 Å². The minimum atomic E-state index is 1.13. The average molecular weight is 604 g/mol. The smallest absolute Gasteiger partial charge is 0.0468 e. The molecule has 9 aromatic rings. The number of anilines is 3. The van der Waals surface area contributed by atoms with Crippen molar-refractivity contribution in [2.45, 2.75) is 0 Å². The molecular weight excluding hydrogens is 575 g/mol. The van der Waals surface area contributed by atoms with Gasteiger partial charge in [-0.25, -0.2) is 0 Å². The molecule has 8 aromatic carbocycles. The van der Waals surface area contributed by atoms with Gasteiger partial charge in [-0.2, -0.15) is 0 Å². The fraction of sp³-hybridized carbons (Fsp3) is 0. The van der Waals surface area contributed by atoms with E-state index in [1.165, 1.54) is 64.0 Å². The first kappa shape index (κ1) is 26.7. The van der Waals surface area contributed by atoms with Gasteiger partial charge in [0.15, 0.2) is 0 Å². The lowest BCUT2D eigenvalue weighted by atomic mass is 9.95. The first-order valence-corrected chi connectivity index (χ1v) is 16.5. The molecule has 1 nitrogen and oxygen atoms in total. The quantitative estimate of drug-likeness (QED) is 0.189. The molecule has 216 valence electrons. The largest absolute Gasteiger partial charge is 0.310 e. The highest BCUT2D eigenvalue weighted by Crippen LogP contribution is 2.45. The first-order valence-electron chi connectivity index (χ1n) is 15.7. The predicted octanol–water partition coefficient (Wildman–Crippen LogP) is 13.2. The SMILES string of the molecule is c1ccc(-c2cccc(N(c3ccc4ccccc4c3)c3ccc4sc5c6ccccc6c(-c6ccccc6)cc5c4c3)c2)cc1. The molecule has 0 atom stereocenters. The highest BCUT2D eigenvalue weighted by molar-refractivity contribution is 7.26. The lowest BCUT2D eigenvalue weighted by Crippen LogP contribution is -2.10. The summed E-state index contributed by atoms with van der Waals surface area (Å²) in [6.07, 6.45) is 0. The minimum absolute atomic E-state index is 1.13. The van der Waals surface area contributed by atoms with Crippen LogP contribution in [0.2, 0.25) is 0 Å². The molecule has 0 spiro atoms. The van der Waals surface area contributed by atoms with Gasteiger partial charge in [-0.1, -0.05) is 127 Å². The van der Waals surface area contributed by atoms with Crippen LogP contribution in [0.25, 0.3) is 64.0 Å². The van der Waals surface area contributed by atoms with Crippen LogP contribution in [0.3, 0.4) is 0 Å². The standard InChI is InChI=1S/C44H29NS/c1-3-12-30(13-4-1)34-18-11-19-35(26-34)45(36-23-22-31-14-7-8-17-33(31)27-36)37-24-25-43-41(28-37)42-29-40(32-15-5-2-6-16-32)38-20-9-10-21-39(38)44(42)46-43/h1-29H. The van der Waals surface area contributed by atoms with Gasteiger partial charge in [0.2, 0.25) is 0 Å². The van der Waals surface area contributed by atoms with E-state index in [1.54, 1.807) is 0 Å². The third kappa shape index (κ3) is 4.54. The van der Waals surface area contributed by atoms with Gasteiger partial charge >= 0.3 is 0 Å². The van der Waals surface area contributed by atoms with Gasteiger partial charge < -0.3 is 4.90 Å². The van der Waals surface area contributed by atoms with Gasteiger partial charge in [-0.05, 0) is 86.9 Å². The lowest BCUT2D eigenvalue weighted by Gasteiger charge is -2.26. The summed E-state index contributed by atoms with van der Waals surface area (Å²) in [6, 6.07) is 63.9. The molecule has 0 aliphatic carbocycles. The van der Waals surface area contributed by atoms with Crippen molar-refractivity contribution in [1.29, 1.82) is 0 Å². The van der Waals surface area contributed by atoms with Crippen LogP contribution in [-0.4, -0.2) is 0 Å². The maximum absolute atomic E-state index is 2.41. The normalized spacial score (nSPS) is 11.5. The molecule has 1 aromatic heterocycles. The van der Waals surface area contributed by atoms with E-state index < -0.39 is 0 Å². The summed E-state index contributed by atoms with van der Waals surface area (Å²) in [7, 11) is 0.